The van der Waals surface area contributed by atoms with Crippen LogP contribution in [0.3, 0.4) is 0 Å². The second-order valence-electron chi connectivity index (χ2n) is 8.76. The number of halogens is 4. The molecule has 1 amide bonds. The number of benzene rings is 1. The summed E-state index contributed by atoms with van der Waals surface area (Å²) in [4.78, 5) is 28.3. The SMILES string of the molecule is O=C(COc1ccc(C(F)(F)F)cn1)N1CCC(c2nc(C3=NOC(c4ccccc4Cl)C3)cs2)CC1. The van der Waals surface area contributed by atoms with Crippen LogP contribution in [0.2, 0.25) is 5.02 Å². The molecule has 0 N–H and O–H groups in total. The van der Waals surface area contributed by atoms with Crippen molar-refractivity contribution in [1.29, 1.82) is 0 Å². The van der Waals surface area contributed by atoms with Crippen LogP contribution in [0.4, 0.5) is 13.2 Å². The van der Waals surface area contributed by atoms with Gasteiger partial charge in [-0.25, -0.2) is 9.97 Å². The minimum atomic E-state index is -4.47. The second-order valence-corrected chi connectivity index (χ2v) is 10.1. The van der Waals surface area contributed by atoms with Gasteiger partial charge in [-0.15, -0.1) is 11.3 Å². The molecule has 0 spiro atoms. The third kappa shape index (κ3) is 5.88. The van der Waals surface area contributed by atoms with E-state index >= 15 is 0 Å². The van der Waals surface area contributed by atoms with Crippen molar-refractivity contribution >= 4 is 34.6 Å². The molecule has 7 nitrogen and oxygen atoms in total. The molecule has 0 aliphatic carbocycles. The molecule has 194 valence electrons. The van der Waals surface area contributed by atoms with E-state index in [1.54, 1.807) is 16.2 Å². The summed E-state index contributed by atoms with van der Waals surface area (Å²) in [7, 11) is 0. The number of pyridine rings is 1. The van der Waals surface area contributed by atoms with Crippen molar-refractivity contribution in [1.82, 2.24) is 14.9 Å². The summed E-state index contributed by atoms with van der Waals surface area (Å²) >= 11 is 7.86. The Labute approximate surface area is 219 Å². The zero-order valence-corrected chi connectivity index (χ0v) is 21.0. The lowest BCUT2D eigenvalue weighted by atomic mass is 9.97. The number of nitrogens with zero attached hydrogens (tertiary/aromatic N) is 4. The Morgan fingerprint density at radius 2 is 1.97 bits per heavy atom. The first-order valence-electron chi connectivity index (χ1n) is 11.6. The molecule has 5 rings (SSSR count). The Kier molecular flexibility index (Phi) is 7.34. The average Bonchev–Trinajstić information content (AvgIpc) is 3.58. The number of alkyl halides is 3. The largest absolute Gasteiger partial charge is 0.468 e. The van der Waals surface area contributed by atoms with Crippen LogP contribution in [0.25, 0.3) is 0 Å². The molecular formula is C25H22ClF3N4O3S. The van der Waals surface area contributed by atoms with E-state index in [2.05, 4.69) is 10.1 Å². The Balaban J connectivity index is 1.10. The number of oxime groups is 1. The van der Waals surface area contributed by atoms with E-state index in [1.165, 1.54) is 0 Å². The van der Waals surface area contributed by atoms with Crippen molar-refractivity contribution in [3.63, 3.8) is 0 Å². The topological polar surface area (TPSA) is 76.9 Å². The molecule has 3 aromatic rings. The van der Waals surface area contributed by atoms with Crippen molar-refractivity contribution in [2.24, 2.45) is 5.16 Å². The molecule has 37 heavy (non-hydrogen) atoms. The molecule has 1 saturated heterocycles. The van der Waals surface area contributed by atoms with E-state index < -0.39 is 11.7 Å². The monoisotopic (exact) mass is 550 g/mol. The molecule has 0 radical (unpaired) electrons. The lowest BCUT2D eigenvalue weighted by Gasteiger charge is -2.31. The highest BCUT2D eigenvalue weighted by molar-refractivity contribution is 7.10. The first kappa shape index (κ1) is 25.5. The van der Waals surface area contributed by atoms with Gasteiger partial charge >= 0.3 is 6.18 Å². The molecule has 0 bridgehead atoms. The second kappa shape index (κ2) is 10.7. The van der Waals surface area contributed by atoms with Crippen LogP contribution in [0.5, 0.6) is 5.88 Å². The van der Waals surface area contributed by atoms with E-state index in [1.807, 2.05) is 29.6 Å². The Morgan fingerprint density at radius 3 is 2.68 bits per heavy atom. The number of hydrogen-bond donors (Lipinski definition) is 0. The standard InChI is InChI=1S/C25H22ClF3N4O3S/c26-18-4-2-1-3-17(18)21-11-19(32-36-21)20-14-37-24(31-20)15-7-9-33(10-8-15)23(34)13-35-22-6-5-16(12-30-22)25(27,28)29/h1-6,12,14-15,21H,7-11,13H2. The quantitative estimate of drug-likeness (QED) is 0.384. The summed E-state index contributed by atoms with van der Waals surface area (Å²) in [5.41, 5.74) is 1.61. The number of aromatic nitrogens is 2. The third-order valence-electron chi connectivity index (χ3n) is 6.34. The maximum atomic E-state index is 12.6. The molecule has 12 heteroatoms. The van der Waals surface area contributed by atoms with Crippen LogP contribution in [0.1, 0.15) is 53.1 Å². The lowest BCUT2D eigenvalue weighted by molar-refractivity contribution is -0.138. The van der Waals surface area contributed by atoms with E-state index in [9.17, 15) is 18.0 Å². The van der Waals surface area contributed by atoms with E-state index in [0.29, 0.717) is 30.7 Å². The zero-order chi connectivity index (χ0) is 26.0. The van der Waals surface area contributed by atoms with Gasteiger partial charge in [-0.05, 0) is 25.0 Å². The Hall–Kier alpha value is -3.18. The molecular weight excluding hydrogens is 529 g/mol. The predicted molar refractivity (Wildman–Crippen MR) is 132 cm³/mol. The highest BCUT2D eigenvalue weighted by Crippen LogP contribution is 2.36. The number of carbonyl (C=O) groups excluding carboxylic acids is 1. The van der Waals surface area contributed by atoms with Gasteiger partial charge < -0.3 is 14.5 Å². The maximum absolute atomic E-state index is 12.6. The minimum absolute atomic E-state index is 0.0258. The molecule has 4 heterocycles. The number of ether oxygens (including phenoxy) is 1. The fraction of sp³-hybridized carbons (Fsp3) is 0.360. The smallest absolute Gasteiger partial charge is 0.417 e. The van der Waals surface area contributed by atoms with Crippen LogP contribution in [0.15, 0.2) is 53.1 Å². The normalized spacial score (nSPS) is 18.4. The summed E-state index contributed by atoms with van der Waals surface area (Å²) in [5.74, 6) is -0.0345. The first-order chi connectivity index (χ1) is 17.8. The maximum Gasteiger partial charge on any atom is 0.417 e. The number of hydrogen-bond acceptors (Lipinski definition) is 7. The van der Waals surface area contributed by atoms with Crippen molar-refractivity contribution in [3.8, 4) is 5.88 Å². The van der Waals surface area contributed by atoms with Crippen LogP contribution < -0.4 is 4.74 Å². The molecule has 1 aromatic carbocycles. The molecule has 0 saturated carbocycles. The fourth-order valence-corrected chi connectivity index (χ4v) is 5.53. The predicted octanol–water partition coefficient (Wildman–Crippen LogP) is 5.86. The van der Waals surface area contributed by atoms with Gasteiger partial charge in [-0.2, -0.15) is 13.2 Å². The van der Waals surface area contributed by atoms with Crippen LogP contribution in [0, 0.1) is 0 Å². The fourth-order valence-electron chi connectivity index (χ4n) is 4.28. The van der Waals surface area contributed by atoms with Gasteiger partial charge in [0.2, 0.25) is 5.88 Å². The number of amides is 1. The van der Waals surface area contributed by atoms with Gasteiger partial charge in [0, 0.05) is 53.7 Å². The van der Waals surface area contributed by atoms with E-state index in [-0.39, 0.29) is 30.4 Å². The first-order valence-corrected chi connectivity index (χ1v) is 12.9. The number of likely N-dealkylation sites (tertiary alicyclic amines) is 1. The molecule has 2 aliphatic rings. The molecule has 2 aliphatic heterocycles. The lowest BCUT2D eigenvalue weighted by Crippen LogP contribution is -2.40. The zero-order valence-electron chi connectivity index (χ0n) is 19.4. The van der Waals surface area contributed by atoms with Crippen molar-refractivity contribution in [3.05, 3.63) is 74.8 Å². The number of carbonyl (C=O) groups is 1. The van der Waals surface area contributed by atoms with Crippen molar-refractivity contribution in [2.75, 3.05) is 19.7 Å². The minimum Gasteiger partial charge on any atom is -0.468 e. The number of thiazole rings is 1. The average molecular weight is 551 g/mol. The highest BCUT2D eigenvalue weighted by atomic mass is 35.5. The Bertz CT molecular complexity index is 1290. The van der Waals surface area contributed by atoms with Crippen molar-refractivity contribution < 1.29 is 27.5 Å². The van der Waals surface area contributed by atoms with E-state index in [4.69, 9.17) is 26.2 Å². The van der Waals surface area contributed by atoms with Gasteiger partial charge in [0.15, 0.2) is 12.7 Å². The van der Waals surface area contributed by atoms with Crippen LogP contribution in [-0.4, -0.2) is 46.2 Å². The summed E-state index contributed by atoms with van der Waals surface area (Å²) in [5, 5.41) is 7.86. The van der Waals surface area contributed by atoms with E-state index in [0.717, 1.165) is 47.0 Å². The summed E-state index contributed by atoms with van der Waals surface area (Å²) < 4.78 is 43.2. The van der Waals surface area contributed by atoms with Crippen LogP contribution in [-0.2, 0) is 15.8 Å². The number of rotatable bonds is 6. The third-order valence-corrected chi connectivity index (χ3v) is 7.69. The van der Waals surface area contributed by atoms with Gasteiger partial charge in [0.25, 0.3) is 5.91 Å². The molecule has 1 unspecified atom stereocenters. The molecule has 1 fully saturated rings. The highest BCUT2D eigenvalue weighted by Gasteiger charge is 2.31. The molecule has 1 atom stereocenters. The van der Waals surface area contributed by atoms with Gasteiger partial charge in [0.05, 0.1) is 16.3 Å². The van der Waals surface area contributed by atoms with Gasteiger partial charge in [-0.3, -0.25) is 4.79 Å². The van der Waals surface area contributed by atoms with Gasteiger partial charge in [-0.1, -0.05) is 35.0 Å². The Morgan fingerprint density at radius 1 is 1.19 bits per heavy atom. The summed E-state index contributed by atoms with van der Waals surface area (Å²) in [6.45, 7) is 0.804. The summed E-state index contributed by atoms with van der Waals surface area (Å²) in [6, 6.07) is 9.53. The van der Waals surface area contributed by atoms with Crippen molar-refractivity contribution in [2.45, 2.75) is 37.5 Å². The summed E-state index contributed by atoms with van der Waals surface area (Å²) in [6.07, 6.45) is -1.92. The molecule has 2 aromatic heterocycles. The van der Waals surface area contributed by atoms with Gasteiger partial charge in [0.1, 0.15) is 5.71 Å². The number of piperidine rings is 1. The van der Waals surface area contributed by atoms with Crippen LogP contribution >= 0.6 is 22.9 Å².